The van der Waals surface area contributed by atoms with Crippen LogP contribution in [0, 0.1) is 0 Å². The van der Waals surface area contributed by atoms with E-state index in [1.165, 1.54) is 0 Å². The molecule has 0 bridgehead atoms. The van der Waals surface area contributed by atoms with Gasteiger partial charge in [0.15, 0.2) is 0 Å². The van der Waals surface area contributed by atoms with Gasteiger partial charge in [0.1, 0.15) is 6.10 Å². The number of halogens is 1. The van der Waals surface area contributed by atoms with Gasteiger partial charge >= 0.3 is 0 Å². The molecule has 0 spiro atoms. The smallest absolute Gasteiger partial charge is 0.249 e. The van der Waals surface area contributed by atoms with E-state index in [-0.39, 0.29) is 11.9 Å². The lowest BCUT2D eigenvalue weighted by Crippen LogP contribution is -2.41. The van der Waals surface area contributed by atoms with Crippen molar-refractivity contribution < 1.29 is 14.3 Å². The lowest BCUT2D eigenvalue weighted by Gasteiger charge is -2.18. The van der Waals surface area contributed by atoms with E-state index in [1.54, 1.807) is 6.92 Å². The van der Waals surface area contributed by atoms with Crippen molar-refractivity contribution in [1.82, 2.24) is 5.32 Å². The fourth-order valence-corrected chi connectivity index (χ4v) is 2.15. The third kappa shape index (κ3) is 7.46. The van der Waals surface area contributed by atoms with Crippen LogP contribution in [-0.2, 0) is 20.7 Å². The standard InChI is InChI=1S/C16H24ClNO3/c1-4-20-8-9-21-13(3)16(19)18-12(2)10-14-6-5-7-15(17)11-14/h5-7,11-13H,4,8-10H2,1-3H3,(H,18,19)/t12-,13+/m1/s1. The molecule has 0 unspecified atom stereocenters. The molecule has 0 aliphatic carbocycles. The molecule has 1 aromatic carbocycles. The molecule has 0 aromatic heterocycles. The maximum Gasteiger partial charge on any atom is 0.249 e. The quantitative estimate of drug-likeness (QED) is 0.713. The Morgan fingerprint density at radius 1 is 1.33 bits per heavy atom. The first-order chi connectivity index (χ1) is 10.0. The van der Waals surface area contributed by atoms with Crippen LogP contribution >= 0.6 is 11.6 Å². The summed E-state index contributed by atoms with van der Waals surface area (Å²) in [6, 6.07) is 7.67. The van der Waals surface area contributed by atoms with E-state index in [4.69, 9.17) is 21.1 Å². The van der Waals surface area contributed by atoms with Crippen LogP contribution in [0.1, 0.15) is 26.3 Å². The van der Waals surface area contributed by atoms with E-state index < -0.39 is 6.10 Å². The van der Waals surface area contributed by atoms with Crippen molar-refractivity contribution >= 4 is 17.5 Å². The highest BCUT2D eigenvalue weighted by molar-refractivity contribution is 6.30. The van der Waals surface area contributed by atoms with Gasteiger partial charge in [0.05, 0.1) is 13.2 Å². The predicted octanol–water partition coefficient (Wildman–Crippen LogP) is 2.83. The summed E-state index contributed by atoms with van der Waals surface area (Å²) >= 11 is 5.95. The van der Waals surface area contributed by atoms with E-state index in [0.717, 1.165) is 12.0 Å². The highest BCUT2D eigenvalue weighted by Crippen LogP contribution is 2.12. The van der Waals surface area contributed by atoms with Crippen LogP contribution in [0.15, 0.2) is 24.3 Å². The molecule has 0 aliphatic rings. The van der Waals surface area contributed by atoms with Crippen molar-refractivity contribution in [2.24, 2.45) is 0 Å². The van der Waals surface area contributed by atoms with Gasteiger partial charge < -0.3 is 14.8 Å². The van der Waals surface area contributed by atoms with E-state index in [1.807, 2.05) is 38.1 Å². The van der Waals surface area contributed by atoms with Gasteiger partial charge in [-0.2, -0.15) is 0 Å². The summed E-state index contributed by atoms with van der Waals surface area (Å²) in [6.45, 7) is 7.21. The highest BCUT2D eigenvalue weighted by Gasteiger charge is 2.15. The van der Waals surface area contributed by atoms with Crippen molar-refractivity contribution in [3.63, 3.8) is 0 Å². The monoisotopic (exact) mass is 313 g/mol. The van der Waals surface area contributed by atoms with Gasteiger partial charge in [-0.3, -0.25) is 4.79 Å². The van der Waals surface area contributed by atoms with Crippen LogP contribution in [0.4, 0.5) is 0 Å². The summed E-state index contributed by atoms with van der Waals surface area (Å²) in [5.41, 5.74) is 1.10. The minimum absolute atomic E-state index is 0.0221. The molecule has 1 amide bonds. The number of rotatable bonds is 9. The van der Waals surface area contributed by atoms with Crippen molar-refractivity contribution in [3.8, 4) is 0 Å². The second kappa shape index (κ2) is 9.77. The van der Waals surface area contributed by atoms with Crippen molar-refractivity contribution in [2.75, 3.05) is 19.8 Å². The summed E-state index contributed by atoms with van der Waals surface area (Å²) in [6.07, 6.45) is 0.255. The number of hydrogen-bond acceptors (Lipinski definition) is 3. The molecule has 1 aromatic rings. The van der Waals surface area contributed by atoms with Crippen LogP contribution < -0.4 is 5.32 Å². The van der Waals surface area contributed by atoms with Crippen molar-refractivity contribution in [1.29, 1.82) is 0 Å². The molecule has 1 rings (SSSR count). The van der Waals surface area contributed by atoms with Gasteiger partial charge in [-0.05, 0) is 44.9 Å². The Labute approximate surface area is 131 Å². The molecular weight excluding hydrogens is 290 g/mol. The Bertz CT molecular complexity index is 439. The Balaban J connectivity index is 2.32. The number of carbonyl (C=O) groups is 1. The third-order valence-electron chi connectivity index (χ3n) is 2.99. The largest absolute Gasteiger partial charge is 0.379 e. The van der Waals surface area contributed by atoms with Crippen LogP contribution in [0.3, 0.4) is 0 Å². The SMILES string of the molecule is CCOCCO[C@@H](C)C(=O)N[C@H](C)Cc1cccc(Cl)c1. The number of amides is 1. The number of hydrogen-bond donors (Lipinski definition) is 1. The Kier molecular flexibility index (Phi) is 8.35. The molecule has 0 radical (unpaired) electrons. The van der Waals surface area contributed by atoms with Gasteiger partial charge in [-0.1, -0.05) is 23.7 Å². The van der Waals surface area contributed by atoms with E-state index in [9.17, 15) is 4.79 Å². The normalized spacial score (nSPS) is 13.7. The van der Waals surface area contributed by atoms with Crippen molar-refractivity contribution in [2.45, 2.75) is 39.3 Å². The zero-order chi connectivity index (χ0) is 15.7. The van der Waals surface area contributed by atoms with Gasteiger partial charge in [-0.25, -0.2) is 0 Å². The minimum atomic E-state index is -0.479. The topological polar surface area (TPSA) is 47.6 Å². The van der Waals surface area contributed by atoms with Gasteiger partial charge in [0, 0.05) is 17.7 Å². The fourth-order valence-electron chi connectivity index (χ4n) is 1.93. The number of benzene rings is 1. The molecule has 0 saturated carbocycles. The number of nitrogens with one attached hydrogen (secondary N) is 1. The van der Waals surface area contributed by atoms with Crippen molar-refractivity contribution in [3.05, 3.63) is 34.9 Å². The molecule has 0 fully saturated rings. The molecule has 1 N–H and O–H groups in total. The van der Waals surface area contributed by atoms with E-state index >= 15 is 0 Å². The van der Waals surface area contributed by atoms with Crippen LogP contribution in [0.5, 0.6) is 0 Å². The summed E-state index contributed by atoms with van der Waals surface area (Å²) in [5.74, 6) is -0.110. The molecule has 21 heavy (non-hydrogen) atoms. The van der Waals surface area contributed by atoms with E-state index in [2.05, 4.69) is 5.32 Å². The first kappa shape index (κ1) is 18.0. The molecule has 0 saturated heterocycles. The molecule has 118 valence electrons. The fraction of sp³-hybridized carbons (Fsp3) is 0.562. The Morgan fingerprint density at radius 3 is 2.76 bits per heavy atom. The lowest BCUT2D eigenvalue weighted by molar-refractivity contribution is -0.133. The molecule has 4 nitrogen and oxygen atoms in total. The summed E-state index contributed by atoms with van der Waals surface area (Å²) < 4.78 is 10.6. The minimum Gasteiger partial charge on any atom is -0.379 e. The Hall–Kier alpha value is -1.10. The number of carbonyl (C=O) groups excluding carboxylic acids is 1. The molecular formula is C16H24ClNO3. The maximum absolute atomic E-state index is 12.0. The lowest BCUT2D eigenvalue weighted by atomic mass is 10.1. The first-order valence-corrected chi connectivity index (χ1v) is 7.65. The van der Waals surface area contributed by atoms with Crippen LogP contribution in [-0.4, -0.2) is 37.9 Å². The number of ether oxygens (including phenoxy) is 2. The third-order valence-corrected chi connectivity index (χ3v) is 3.22. The maximum atomic E-state index is 12.0. The summed E-state index contributed by atoms with van der Waals surface area (Å²) in [7, 11) is 0. The first-order valence-electron chi connectivity index (χ1n) is 7.27. The summed E-state index contributed by atoms with van der Waals surface area (Å²) in [5, 5.41) is 3.65. The van der Waals surface area contributed by atoms with Gasteiger partial charge in [0.25, 0.3) is 0 Å². The highest BCUT2D eigenvalue weighted by atomic mass is 35.5. The zero-order valence-electron chi connectivity index (χ0n) is 12.9. The van der Waals surface area contributed by atoms with E-state index in [0.29, 0.717) is 24.8 Å². The zero-order valence-corrected chi connectivity index (χ0v) is 13.7. The molecule has 5 heteroatoms. The molecule has 0 aliphatic heterocycles. The van der Waals surface area contributed by atoms with Crippen LogP contribution in [0.2, 0.25) is 5.02 Å². The average molecular weight is 314 g/mol. The second-order valence-corrected chi connectivity index (χ2v) is 5.39. The average Bonchev–Trinajstić information content (AvgIpc) is 2.43. The Morgan fingerprint density at radius 2 is 2.10 bits per heavy atom. The second-order valence-electron chi connectivity index (χ2n) is 4.95. The molecule has 2 atom stereocenters. The molecule has 0 heterocycles. The summed E-state index contributed by atoms with van der Waals surface area (Å²) in [4.78, 5) is 12.0. The predicted molar refractivity (Wildman–Crippen MR) is 84.7 cm³/mol. The van der Waals surface area contributed by atoms with Gasteiger partial charge in [-0.15, -0.1) is 0 Å². The van der Waals surface area contributed by atoms with Crippen LogP contribution in [0.25, 0.3) is 0 Å². The van der Waals surface area contributed by atoms with Gasteiger partial charge in [0.2, 0.25) is 5.91 Å².